The number of rotatable bonds is 4. The minimum absolute atomic E-state index is 0.478. The van der Waals surface area contributed by atoms with Gasteiger partial charge in [0, 0.05) is 29.4 Å². The summed E-state index contributed by atoms with van der Waals surface area (Å²) < 4.78 is 0. The number of hydrogen-bond acceptors (Lipinski definition) is 5. The molecular formula is C21H25N5. The first-order valence-corrected chi connectivity index (χ1v) is 9.51. The van der Waals surface area contributed by atoms with Crippen LogP contribution in [0, 0.1) is 6.92 Å². The van der Waals surface area contributed by atoms with Crippen molar-refractivity contribution in [2.45, 2.75) is 51.5 Å². The van der Waals surface area contributed by atoms with E-state index in [4.69, 9.17) is 4.98 Å². The minimum atomic E-state index is 0.478. The molecule has 0 saturated heterocycles. The second-order valence-corrected chi connectivity index (χ2v) is 7.06. The molecule has 3 aromatic rings. The molecule has 26 heavy (non-hydrogen) atoms. The number of fused-ring (bicyclic) bond motifs is 1. The Morgan fingerprint density at radius 3 is 2.62 bits per heavy atom. The van der Waals surface area contributed by atoms with Crippen molar-refractivity contribution >= 4 is 28.4 Å². The normalized spacial score (nSPS) is 15.6. The van der Waals surface area contributed by atoms with Crippen molar-refractivity contribution in [1.82, 2.24) is 15.0 Å². The number of aromatic nitrogens is 3. The van der Waals surface area contributed by atoms with Gasteiger partial charge in [-0.15, -0.1) is 0 Å². The zero-order chi connectivity index (χ0) is 17.8. The molecule has 0 aliphatic heterocycles. The van der Waals surface area contributed by atoms with Crippen LogP contribution in [0.25, 0.3) is 10.9 Å². The largest absolute Gasteiger partial charge is 0.351 e. The summed E-state index contributed by atoms with van der Waals surface area (Å²) in [5.41, 5.74) is 2.86. The maximum Gasteiger partial charge on any atom is 0.225 e. The third-order valence-electron chi connectivity index (χ3n) is 4.94. The van der Waals surface area contributed by atoms with E-state index >= 15 is 0 Å². The van der Waals surface area contributed by atoms with Gasteiger partial charge in [-0.25, -0.2) is 4.98 Å². The monoisotopic (exact) mass is 347 g/mol. The van der Waals surface area contributed by atoms with Gasteiger partial charge in [-0.2, -0.15) is 4.98 Å². The number of benzene rings is 1. The van der Waals surface area contributed by atoms with Crippen molar-refractivity contribution in [3.63, 3.8) is 0 Å². The van der Waals surface area contributed by atoms with Gasteiger partial charge in [-0.05, 0) is 31.9 Å². The molecular weight excluding hydrogens is 322 g/mol. The topological polar surface area (TPSA) is 62.7 Å². The highest BCUT2D eigenvalue weighted by atomic mass is 15.2. The SMILES string of the molecule is Cc1cc(Nc2cccc3cccnc23)nc(NC2CCCCCC2)n1. The zero-order valence-electron chi connectivity index (χ0n) is 15.2. The summed E-state index contributed by atoms with van der Waals surface area (Å²) in [7, 11) is 0. The lowest BCUT2D eigenvalue weighted by Crippen LogP contribution is -2.20. The molecule has 1 aliphatic carbocycles. The van der Waals surface area contributed by atoms with Crippen LogP contribution < -0.4 is 10.6 Å². The van der Waals surface area contributed by atoms with Crippen LogP contribution in [0.15, 0.2) is 42.6 Å². The van der Waals surface area contributed by atoms with Crippen LogP contribution in [0.3, 0.4) is 0 Å². The fourth-order valence-corrected chi connectivity index (χ4v) is 3.65. The van der Waals surface area contributed by atoms with E-state index in [1.165, 1.54) is 38.5 Å². The predicted octanol–water partition coefficient (Wildman–Crippen LogP) is 5.21. The van der Waals surface area contributed by atoms with Crippen molar-refractivity contribution in [1.29, 1.82) is 0 Å². The van der Waals surface area contributed by atoms with Crippen LogP contribution >= 0.6 is 0 Å². The van der Waals surface area contributed by atoms with E-state index in [1.807, 2.05) is 37.4 Å². The minimum Gasteiger partial charge on any atom is -0.351 e. The van der Waals surface area contributed by atoms with Crippen LogP contribution in [0.1, 0.15) is 44.2 Å². The molecule has 5 nitrogen and oxygen atoms in total. The van der Waals surface area contributed by atoms with Gasteiger partial charge < -0.3 is 10.6 Å². The van der Waals surface area contributed by atoms with Crippen molar-refractivity contribution < 1.29 is 0 Å². The summed E-state index contributed by atoms with van der Waals surface area (Å²) in [6.07, 6.45) is 9.48. The van der Waals surface area contributed by atoms with Gasteiger partial charge in [0.1, 0.15) is 5.82 Å². The van der Waals surface area contributed by atoms with Crippen molar-refractivity contribution in [2.75, 3.05) is 10.6 Å². The standard InChI is InChI=1S/C21H25N5/c1-15-14-19(25-18-12-6-8-16-9-7-13-22-20(16)18)26-21(23-15)24-17-10-4-2-3-5-11-17/h6-9,12-14,17H,2-5,10-11H2,1H3,(H2,23,24,25,26). The Morgan fingerprint density at radius 1 is 0.962 bits per heavy atom. The Morgan fingerprint density at radius 2 is 1.77 bits per heavy atom. The molecule has 1 aliphatic rings. The third kappa shape index (κ3) is 3.93. The van der Waals surface area contributed by atoms with Crippen LogP contribution in [-0.4, -0.2) is 21.0 Å². The molecule has 0 radical (unpaired) electrons. The Hall–Kier alpha value is -2.69. The van der Waals surface area contributed by atoms with Crippen LogP contribution in [0.4, 0.5) is 17.5 Å². The van der Waals surface area contributed by atoms with Crippen molar-refractivity contribution in [2.24, 2.45) is 0 Å². The number of anilines is 3. The summed E-state index contributed by atoms with van der Waals surface area (Å²) in [6, 6.07) is 12.6. The van der Waals surface area contributed by atoms with E-state index in [-0.39, 0.29) is 0 Å². The molecule has 2 aromatic heterocycles. The smallest absolute Gasteiger partial charge is 0.225 e. The number of para-hydroxylation sites is 1. The number of pyridine rings is 1. The summed E-state index contributed by atoms with van der Waals surface area (Å²) in [5, 5.41) is 8.08. The summed E-state index contributed by atoms with van der Waals surface area (Å²) in [5.74, 6) is 1.51. The lowest BCUT2D eigenvalue weighted by molar-refractivity contribution is 0.614. The first kappa shape index (κ1) is 16.8. The zero-order valence-corrected chi connectivity index (χ0v) is 15.2. The number of hydrogen-bond donors (Lipinski definition) is 2. The summed E-state index contributed by atoms with van der Waals surface area (Å²) in [4.78, 5) is 13.8. The van der Waals surface area contributed by atoms with Crippen molar-refractivity contribution in [3.05, 3.63) is 48.3 Å². The third-order valence-corrected chi connectivity index (χ3v) is 4.94. The number of nitrogens with zero attached hydrogens (tertiary/aromatic N) is 3. The van der Waals surface area contributed by atoms with E-state index < -0.39 is 0 Å². The molecule has 0 spiro atoms. The van der Waals surface area contributed by atoms with E-state index in [9.17, 15) is 0 Å². The molecule has 2 N–H and O–H groups in total. The Balaban J connectivity index is 1.57. The fourth-order valence-electron chi connectivity index (χ4n) is 3.65. The lowest BCUT2D eigenvalue weighted by Gasteiger charge is -2.17. The van der Waals surface area contributed by atoms with E-state index in [0.717, 1.165) is 28.1 Å². The number of aryl methyl sites for hydroxylation is 1. The predicted molar refractivity (Wildman–Crippen MR) is 107 cm³/mol. The molecule has 1 aromatic carbocycles. The summed E-state index contributed by atoms with van der Waals surface area (Å²) in [6.45, 7) is 2.01. The average molecular weight is 347 g/mol. The van der Waals surface area contributed by atoms with Gasteiger partial charge in [0.25, 0.3) is 0 Å². The molecule has 0 bridgehead atoms. The molecule has 0 amide bonds. The van der Waals surface area contributed by atoms with Crippen molar-refractivity contribution in [3.8, 4) is 0 Å². The fraction of sp³-hybridized carbons (Fsp3) is 0.381. The molecule has 0 atom stereocenters. The van der Waals surface area contributed by atoms with Crippen LogP contribution in [0.2, 0.25) is 0 Å². The highest BCUT2D eigenvalue weighted by molar-refractivity contribution is 5.91. The molecule has 5 heteroatoms. The molecule has 0 unspecified atom stereocenters. The van der Waals surface area contributed by atoms with Gasteiger partial charge in [0.15, 0.2) is 0 Å². The second-order valence-electron chi connectivity index (χ2n) is 7.06. The molecule has 134 valence electrons. The summed E-state index contributed by atoms with van der Waals surface area (Å²) >= 11 is 0. The maximum atomic E-state index is 4.70. The van der Waals surface area contributed by atoms with Crippen LogP contribution in [-0.2, 0) is 0 Å². The lowest BCUT2D eigenvalue weighted by atomic mass is 10.1. The van der Waals surface area contributed by atoms with Gasteiger partial charge in [-0.3, -0.25) is 4.98 Å². The Labute approximate surface area is 154 Å². The maximum absolute atomic E-state index is 4.70. The molecule has 1 saturated carbocycles. The molecule has 1 fully saturated rings. The van der Waals surface area contributed by atoms with E-state index in [0.29, 0.717) is 12.0 Å². The van der Waals surface area contributed by atoms with Gasteiger partial charge in [0.05, 0.1) is 11.2 Å². The Bertz CT molecular complexity index is 879. The second kappa shape index (κ2) is 7.68. The quantitative estimate of drug-likeness (QED) is 0.634. The van der Waals surface area contributed by atoms with Gasteiger partial charge in [-0.1, -0.05) is 43.9 Å². The Kier molecular flexibility index (Phi) is 4.95. The molecule has 4 rings (SSSR count). The van der Waals surface area contributed by atoms with Crippen LogP contribution in [0.5, 0.6) is 0 Å². The average Bonchev–Trinajstić information content (AvgIpc) is 2.90. The first-order chi connectivity index (χ1) is 12.8. The van der Waals surface area contributed by atoms with E-state index in [1.54, 1.807) is 0 Å². The van der Waals surface area contributed by atoms with Gasteiger partial charge >= 0.3 is 0 Å². The molecule has 2 heterocycles. The first-order valence-electron chi connectivity index (χ1n) is 9.51. The van der Waals surface area contributed by atoms with Gasteiger partial charge in [0.2, 0.25) is 5.95 Å². The highest BCUT2D eigenvalue weighted by Crippen LogP contribution is 2.25. The highest BCUT2D eigenvalue weighted by Gasteiger charge is 2.14. The number of nitrogens with one attached hydrogen (secondary N) is 2. The van der Waals surface area contributed by atoms with E-state index in [2.05, 4.69) is 32.7 Å².